The van der Waals surface area contributed by atoms with E-state index in [1.54, 1.807) is 18.3 Å². The number of hydrogen-bond donors (Lipinski definition) is 4. The van der Waals surface area contributed by atoms with Crippen molar-refractivity contribution in [1.29, 1.82) is 0 Å². The molecule has 0 bridgehead atoms. The van der Waals surface area contributed by atoms with Crippen LogP contribution in [0.1, 0.15) is 48.4 Å². The second-order valence-corrected chi connectivity index (χ2v) is 11.2. The molecule has 0 aliphatic heterocycles. The van der Waals surface area contributed by atoms with Gasteiger partial charge in [-0.25, -0.2) is 15.0 Å². The third-order valence-electron chi connectivity index (χ3n) is 6.94. The lowest BCUT2D eigenvalue weighted by atomic mass is 9.82. The van der Waals surface area contributed by atoms with Gasteiger partial charge in [0.25, 0.3) is 5.91 Å². The molecule has 2 heterocycles. The van der Waals surface area contributed by atoms with E-state index in [-0.39, 0.29) is 29.7 Å². The predicted molar refractivity (Wildman–Crippen MR) is 145 cm³/mol. The summed E-state index contributed by atoms with van der Waals surface area (Å²) >= 11 is 1.32. The molecule has 5 rings (SSSR count). The number of rotatable bonds is 6. The summed E-state index contributed by atoms with van der Waals surface area (Å²) in [5.41, 5.74) is -0.122. The number of aromatic nitrogens is 3. The minimum Gasteiger partial charge on any atom is -0.512 e. The maximum Gasteiger partial charge on any atom is 0.433 e. The first-order chi connectivity index (χ1) is 19.4. The number of carbonyl (C=O) groups is 2. The summed E-state index contributed by atoms with van der Waals surface area (Å²) in [4.78, 5) is 37.3. The highest BCUT2D eigenvalue weighted by Crippen LogP contribution is 2.41. The van der Waals surface area contributed by atoms with Crippen molar-refractivity contribution in [2.75, 3.05) is 5.32 Å². The van der Waals surface area contributed by atoms with E-state index in [2.05, 4.69) is 25.6 Å². The number of aliphatic hydroxyl groups is 2. The summed E-state index contributed by atoms with van der Waals surface area (Å²) in [5.74, 6) is -1.20. The summed E-state index contributed by atoms with van der Waals surface area (Å²) in [6, 6.07) is 5.99. The second-order valence-electron chi connectivity index (χ2n) is 10.1. The summed E-state index contributed by atoms with van der Waals surface area (Å²) < 4.78 is 39.1. The Labute approximate surface area is 236 Å². The van der Waals surface area contributed by atoms with Gasteiger partial charge in [0.05, 0.1) is 22.6 Å². The predicted octanol–water partition coefficient (Wildman–Crippen LogP) is 5.26. The van der Waals surface area contributed by atoms with Crippen molar-refractivity contribution in [2.45, 2.75) is 56.8 Å². The quantitative estimate of drug-likeness (QED) is 0.288. The second kappa shape index (κ2) is 11.1. The van der Waals surface area contributed by atoms with Crippen molar-refractivity contribution >= 4 is 34.7 Å². The van der Waals surface area contributed by atoms with E-state index in [4.69, 9.17) is 0 Å². The summed E-state index contributed by atoms with van der Waals surface area (Å²) in [6.45, 7) is 1.85. The number of aryl methyl sites for hydroxylation is 1. The Hall–Kier alpha value is -4.10. The van der Waals surface area contributed by atoms with Gasteiger partial charge in [-0.05, 0) is 74.1 Å². The van der Waals surface area contributed by atoms with Crippen molar-refractivity contribution in [3.05, 3.63) is 76.4 Å². The van der Waals surface area contributed by atoms with E-state index in [0.29, 0.717) is 36.4 Å². The number of hydrogen-bond acceptors (Lipinski definition) is 9. The van der Waals surface area contributed by atoms with Crippen LogP contribution >= 0.6 is 11.3 Å². The molecule has 41 heavy (non-hydrogen) atoms. The SMILES string of the molecule is Cc1cc(Nc2nccc(C(F)(F)F)n2)cc(-c2cnc([C@]3(O)CC[C@H](NC(=O)C4=CC=C(O)CC4=O)CC3)s2)c1. The smallest absolute Gasteiger partial charge is 0.433 e. The number of benzene rings is 1. The Bertz CT molecular complexity index is 1560. The molecule has 9 nitrogen and oxygen atoms in total. The zero-order valence-corrected chi connectivity index (χ0v) is 22.6. The zero-order chi connectivity index (χ0) is 29.4. The number of ketones is 1. The lowest BCUT2D eigenvalue weighted by Gasteiger charge is -2.35. The maximum atomic E-state index is 13.0. The van der Waals surface area contributed by atoms with Crippen LogP contribution in [-0.2, 0) is 21.4 Å². The van der Waals surface area contributed by atoms with Crippen molar-refractivity contribution in [1.82, 2.24) is 20.3 Å². The number of aliphatic hydroxyl groups excluding tert-OH is 1. The van der Waals surface area contributed by atoms with Gasteiger partial charge in [0.15, 0.2) is 5.78 Å². The molecule has 1 saturated carbocycles. The molecular formula is C28H26F3N5O4S. The van der Waals surface area contributed by atoms with E-state index >= 15 is 0 Å². The van der Waals surface area contributed by atoms with Crippen LogP contribution in [0.5, 0.6) is 0 Å². The number of halogens is 3. The minimum atomic E-state index is -4.59. The molecule has 2 aliphatic rings. The molecule has 214 valence electrons. The number of amides is 1. The number of nitrogens with one attached hydrogen (secondary N) is 2. The van der Waals surface area contributed by atoms with Crippen molar-refractivity contribution in [2.24, 2.45) is 0 Å². The molecular weight excluding hydrogens is 559 g/mol. The topological polar surface area (TPSA) is 137 Å². The van der Waals surface area contributed by atoms with Gasteiger partial charge in [0.1, 0.15) is 16.3 Å². The van der Waals surface area contributed by atoms with Gasteiger partial charge in [-0.1, -0.05) is 6.07 Å². The third kappa shape index (κ3) is 6.46. The van der Waals surface area contributed by atoms with Gasteiger partial charge >= 0.3 is 6.18 Å². The molecule has 0 radical (unpaired) electrons. The Morgan fingerprint density at radius 1 is 1.15 bits per heavy atom. The molecule has 0 unspecified atom stereocenters. The fourth-order valence-corrected chi connectivity index (χ4v) is 5.89. The highest BCUT2D eigenvalue weighted by Gasteiger charge is 2.38. The monoisotopic (exact) mass is 585 g/mol. The molecule has 0 atom stereocenters. The summed E-state index contributed by atoms with van der Waals surface area (Å²) in [5, 5.41) is 27.0. The lowest BCUT2D eigenvalue weighted by Crippen LogP contribution is -2.43. The van der Waals surface area contributed by atoms with Crippen LogP contribution in [-0.4, -0.2) is 42.9 Å². The number of nitrogens with zero attached hydrogens (tertiary/aromatic N) is 3. The van der Waals surface area contributed by atoms with E-state index in [1.165, 1.54) is 23.5 Å². The number of Topliss-reactive ketones (excluding diaryl/α,β-unsaturated/α-hetero) is 1. The Balaban J connectivity index is 1.26. The summed E-state index contributed by atoms with van der Waals surface area (Å²) in [6.07, 6.45) is 2.22. The van der Waals surface area contributed by atoms with Crippen LogP contribution in [0.3, 0.4) is 0 Å². The first-order valence-electron chi connectivity index (χ1n) is 12.8. The number of anilines is 2. The molecule has 0 spiro atoms. The van der Waals surface area contributed by atoms with Gasteiger partial charge in [0, 0.05) is 24.1 Å². The van der Waals surface area contributed by atoms with Crippen LogP contribution in [0, 0.1) is 6.92 Å². The first kappa shape index (κ1) is 28.4. The van der Waals surface area contributed by atoms with Crippen LogP contribution in [0.4, 0.5) is 24.8 Å². The standard InChI is InChI=1S/C28H26F3N5O4S/c1-15-10-16(12-18(11-15)35-26-32-9-6-23(36-26)28(29,30)31)22-14-33-25(41-22)27(40)7-4-17(5-8-27)34-24(39)20-3-2-19(37)13-21(20)38/h2-3,6,9-12,14,17,37,40H,4-5,7-8,13H2,1H3,(H,34,39)(H,32,35,36)/t17-,27-. The van der Waals surface area contributed by atoms with E-state index in [1.807, 2.05) is 13.0 Å². The minimum absolute atomic E-state index is 0.000154. The molecule has 1 amide bonds. The highest BCUT2D eigenvalue weighted by molar-refractivity contribution is 7.15. The average Bonchev–Trinajstić information content (AvgIpc) is 3.41. The first-order valence-corrected chi connectivity index (χ1v) is 13.6. The van der Waals surface area contributed by atoms with Gasteiger partial charge in [-0.2, -0.15) is 13.2 Å². The van der Waals surface area contributed by atoms with Crippen molar-refractivity contribution < 1.29 is 33.0 Å². The molecule has 2 aromatic heterocycles. The summed E-state index contributed by atoms with van der Waals surface area (Å²) in [7, 11) is 0. The Kier molecular flexibility index (Phi) is 7.66. The number of thiazole rings is 1. The normalized spacial score (nSPS) is 21.2. The molecule has 13 heteroatoms. The molecule has 0 saturated heterocycles. The van der Waals surface area contributed by atoms with Crippen LogP contribution < -0.4 is 10.6 Å². The van der Waals surface area contributed by atoms with Crippen LogP contribution in [0.25, 0.3) is 10.4 Å². The number of carbonyl (C=O) groups excluding carboxylic acids is 2. The van der Waals surface area contributed by atoms with Gasteiger partial charge in [-0.15, -0.1) is 11.3 Å². The number of allylic oxidation sites excluding steroid dienone is 3. The Morgan fingerprint density at radius 2 is 1.90 bits per heavy atom. The fraction of sp³-hybridized carbons (Fsp3) is 0.321. The van der Waals surface area contributed by atoms with E-state index in [9.17, 15) is 33.0 Å². The maximum absolute atomic E-state index is 13.0. The van der Waals surface area contributed by atoms with Gasteiger partial charge < -0.3 is 20.8 Å². The number of alkyl halides is 3. The van der Waals surface area contributed by atoms with Crippen molar-refractivity contribution in [3.63, 3.8) is 0 Å². The largest absolute Gasteiger partial charge is 0.512 e. The molecule has 1 fully saturated rings. The lowest BCUT2D eigenvalue weighted by molar-refractivity contribution is -0.141. The van der Waals surface area contributed by atoms with E-state index in [0.717, 1.165) is 28.3 Å². The van der Waals surface area contributed by atoms with E-state index < -0.39 is 29.2 Å². The fourth-order valence-electron chi connectivity index (χ4n) is 4.84. The van der Waals surface area contributed by atoms with Crippen LogP contribution in [0.15, 0.2) is 60.1 Å². The average molecular weight is 586 g/mol. The highest BCUT2D eigenvalue weighted by atomic mass is 32.1. The molecule has 1 aromatic carbocycles. The Morgan fingerprint density at radius 3 is 2.61 bits per heavy atom. The molecule has 4 N–H and O–H groups in total. The molecule has 2 aliphatic carbocycles. The zero-order valence-electron chi connectivity index (χ0n) is 21.8. The van der Waals surface area contributed by atoms with Crippen molar-refractivity contribution in [3.8, 4) is 10.4 Å². The van der Waals surface area contributed by atoms with Gasteiger partial charge in [-0.3, -0.25) is 9.59 Å². The third-order valence-corrected chi connectivity index (χ3v) is 8.18. The van der Waals surface area contributed by atoms with Gasteiger partial charge in [0.2, 0.25) is 5.95 Å². The molecule has 3 aromatic rings. The van der Waals surface area contributed by atoms with Crippen LogP contribution in [0.2, 0.25) is 0 Å².